The zero-order valence-electron chi connectivity index (χ0n) is 11.0. The molecule has 2 aromatic rings. The van der Waals surface area contributed by atoms with E-state index in [1.54, 1.807) is 11.3 Å². The quantitative estimate of drug-likeness (QED) is 0.889. The van der Waals surface area contributed by atoms with Crippen LogP contribution in [-0.4, -0.2) is 10.2 Å². The molecule has 0 spiro atoms. The molecule has 2 aromatic heterocycles. The lowest BCUT2D eigenvalue weighted by molar-refractivity contribution is 0.470. The van der Waals surface area contributed by atoms with Gasteiger partial charge in [0.05, 0.1) is 12.1 Å². The fourth-order valence-corrected chi connectivity index (χ4v) is 2.84. The van der Waals surface area contributed by atoms with Crippen molar-refractivity contribution in [1.82, 2.24) is 10.2 Å². The van der Waals surface area contributed by atoms with Crippen molar-refractivity contribution in [3.8, 4) is 0 Å². The maximum absolute atomic E-state index is 5.67. The van der Waals surface area contributed by atoms with E-state index < -0.39 is 0 Å². The van der Waals surface area contributed by atoms with Gasteiger partial charge < -0.3 is 15.5 Å². The van der Waals surface area contributed by atoms with Crippen molar-refractivity contribution in [2.45, 2.75) is 39.8 Å². The maximum Gasteiger partial charge on any atom is 0.315 e. The van der Waals surface area contributed by atoms with Crippen LogP contribution in [0, 0.1) is 13.8 Å². The van der Waals surface area contributed by atoms with E-state index in [9.17, 15) is 0 Å². The van der Waals surface area contributed by atoms with Crippen molar-refractivity contribution in [3.05, 3.63) is 27.3 Å². The van der Waals surface area contributed by atoms with Crippen LogP contribution < -0.4 is 11.1 Å². The van der Waals surface area contributed by atoms with Gasteiger partial charge in [0.15, 0.2) is 0 Å². The molecule has 0 aliphatic rings. The Hall–Kier alpha value is -1.40. The molecular formula is C12H18N4OS. The van der Waals surface area contributed by atoms with E-state index in [4.69, 9.17) is 10.2 Å². The number of nitrogens with zero attached hydrogens (tertiary/aromatic N) is 2. The van der Waals surface area contributed by atoms with Crippen molar-refractivity contribution in [1.29, 1.82) is 0 Å². The number of anilines is 1. The van der Waals surface area contributed by atoms with Crippen LogP contribution >= 0.6 is 11.3 Å². The largest absolute Gasteiger partial charge is 0.406 e. The van der Waals surface area contributed by atoms with Gasteiger partial charge in [-0.15, -0.1) is 16.4 Å². The summed E-state index contributed by atoms with van der Waals surface area (Å²) in [5.41, 5.74) is 6.94. The second-order valence-electron chi connectivity index (χ2n) is 4.47. The summed E-state index contributed by atoms with van der Waals surface area (Å²) in [6.45, 7) is 8.11. The first kappa shape index (κ1) is 13.0. The molecule has 6 heteroatoms. The minimum absolute atomic E-state index is 0.135. The van der Waals surface area contributed by atoms with Gasteiger partial charge in [0.1, 0.15) is 0 Å². The zero-order chi connectivity index (χ0) is 13.3. The number of aryl methyl sites for hydroxylation is 2. The molecule has 3 N–H and O–H groups in total. The lowest BCUT2D eigenvalue weighted by atomic mass is 10.1. The molecule has 0 amide bonds. The van der Waals surface area contributed by atoms with Crippen molar-refractivity contribution >= 4 is 17.4 Å². The van der Waals surface area contributed by atoms with E-state index in [0.717, 1.165) is 0 Å². The van der Waals surface area contributed by atoms with Crippen LogP contribution in [0.4, 0.5) is 6.01 Å². The molecule has 0 radical (unpaired) electrons. The lowest BCUT2D eigenvalue weighted by Gasteiger charge is -2.11. The van der Waals surface area contributed by atoms with Crippen LogP contribution in [0.1, 0.15) is 47.1 Å². The molecule has 2 atom stereocenters. The van der Waals surface area contributed by atoms with Crippen LogP contribution in [0.2, 0.25) is 0 Å². The summed E-state index contributed by atoms with van der Waals surface area (Å²) in [4.78, 5) is 2.61. The summed E-state index contributed by atoms with van der Waals surface area (Å²) in [7, 11) is 0. The minimum Gasteiger partial charge on any atom is -0.406 e. The van der Waals surface area contributed by atoms with Crippen molar-refractivity contribution in [2.75, 3.05) is 5.32 Å². The molecule has 0 aromatic carbocycles. The summed E-state index contributed by atoms with van der Waals surface area (Å²) < 4.78 is 5.43. The van der Waals surface area contributed by atoms with E-state index in [2.05, 4.69) is 42.4 Å². The molecular weight excluding hydrogens is 248 g/mol. The average molecular weight is 266 g/mol. The summed E-state index contributed by atoms with van der Waals surface area (Å²) in [5, 5.41) is 11.0. The molecule has 0 saturated carbocycles. The first-order valence-electron chi connectivity index (χ1n) is 5.90. The Morgan fingerprint density at radius 1 is 1.33 bits per heavy atom. The summed E-state index contributed by atoms with van der Waals surface area (Å²) in [6.07, 6.45) is 0. The maximum atomic E-state index is 5.67. The standard InChI is InChI=1S/C12H18N4OS/c1-6-5-10(9(4)18-6)8(3)14-12-16-15-11(17-12)7(2)13/h5,7-8H,13H2,1-4H3,(H,14,16). The van der Waals surface area contributed by atoms with Crippen LogP contribution in [-0.2, 0) is 0 Å². The molecule has 0 aliphatic heterocycles. The smallest absolute Gasteiger partial charge is 0.315 e. The summed E-state index contributed by atoms with van der Waals surface area (Å²) in [6, 6.07) is 2.49. The molecule has 0 bridgehead atoms. The number of hydrogen-bond donors (Lipinski definition) is 2. The second-order valence-corrected chi connectivity index (χ2v) is 5.93. The fraction of sp³-hybridized carbons (Fsp3) is 0.500. The van der Waals surface area contributed by atoms with Crippen molar-refractivity contribution in [2.24, 2.45) is 5.73 Å². The number of nitrogens with two attached hydrogens (primary N) is 1. The third-order valence-corrected chi connectivity index (χ3v) is 3.70. The molecule has 5 nitrogen and oxygen atoms in total. The third kappa shape index (κ3) is 2.70. The number of aromatic nitrogens is 2. The van der Waals surface area contributed by atoms with E-state index in [-0.39, 0.29) is 12.1 Å². The highest BCUT2D eigenvalue weighted by atomic mass is 32.1. The van der Waals surface area contributed by atoms with Crippen LogP contribution in [0.25, 0.3) is 0 Å². The first-order valence-corrected chi connectivity index (χ1v) is 6.71. The SMILES string of the molecule is Cc1cc(C(C)Nc2nnc(C(C)N)o2)c(C)s1. The molecule has 2 rings (SSSR count). The third-order valence-electron chi connectivity index (χ3n) is 2.72. The van der Waals surface area contributed by atoms with Crippen LogP contribution in [0.15, 0.2) is 10.5 Å². The Morgan fingerprint density at radius 3 is 2.56 bits per heavy atom. The fourth-order valence-electron chi connectivity index (χ4n) is 1.82. The van der Waals surface area contributed by atoms with Gasteiger partial charge in [0.25, 0.3) is 0 Å². The van der Waals surface area contributed by atoms with Gasteiger partial charge >= 0.3 is 6.01 Å². The number of nitrogens with one attached hydrogen (secondary N) is 1. The summed E-state index contributed by atoms with van der Waals surface area (Å²) >= 11 is 1.79. The number of rotatable bonds is 4. The highest BCUT2D eigenvalue weighted by Gasteiger charge is 2.15. The van der Waals surface area contributed by atoms with Gasteiger partial charge in [0, 0.05) is 9.75 Å². The molecule has 98 valence electrons. The monoisotopic (exact) mass is 266 g/mol. The molecule has 18 heavy (non-hydrogen) atoms. The predicted molar refractivity (Wildman–Crippen MR) is 72.7 cm³/mol. The van der Waals surface area contributed by atoms with E-state index >= 15 is 0 Å². The van der Waals surface area contributed by atoms with Gasteiger partial charge in [-0.25, -0.2) is 0 Å². The Kier molecular flexibility index (Phi) is 3.68. The number of thiophene rings is 1. The van der Waals surface area contributed by atoms with Crippen LogP contribution in [0.3, 0.4) is 0 Å². The van der Waals surface area contributed by atoms with E-state index in [1.807, 2.05) is 6.92 Å². The topological polar surface area (TPSA) is 77.0 Å². The molecule has 0 saturated heterocycles. The molecule has 2 heterocycles. The normalized spacial score (nSPS) is 14.5. The van der Waals surface area contributed by atoms with Crippen molar-refractivity contribution in [3.63, 3.8) is 0 Å². The Morgan fingerprint density at radius 2 is 2.06 bits per heavy atom. The lowest BCUT2D eigenvalue weighted by Crippen LogP contribution is -2.07. The van der Waals surface area contributed by atoms with Crippen molar-refractivity contribution < 1.29 is 4.42 Å². The Bertz CT molecular complexity index is 532. The van der Waals surface area contributed by atoms with E-state index in [0.29, 0.717) is 11.9 Å². The first-order chi connectivity index (χ1) is 8.47. The van der Waals surface area contributed by atoms with Gasteiger partial charge in [-0.1, -0.05) is 5.10 Å². The van der Waals surface area contributed by atoms with Gasteiger partial charge in [0.2, 0.25) is 5.89 Å². The van der Waals surface area contributed by atoms with Crippen LogP contribution in [0.5, 0.6) is 0 Å². The van der Waals surface area contributed by atoms with Gasteiger partial charge in [-0.2, -0.15) is 0 Å². The number of hydrogen-bond acceptors (Lipinski definition) is 6. The molecule has 0 aliphatic carbocycles. The highest BCUT2D eigenvalue weighted by Crippen LogP contribution is 2.28. The second kappa shape index (κ2) is 5.07. The van der Waals surface area contributed by atoms with E-state index in [1.165, 1.54) is 15.3 Å². The molecule has 2 unspecified atom stereocenters. The Labute approximate surface area is 110 Å². The molecule has 0 fully saturated rings. The van der Waals surface area contributed by atoms with Gasteiger partial charge in [-0.05, 0) is 39.3 Å². The predicted octanol–water partition coefficient (Wildman–Crippen LogP) is 2.94. The zero-order valence-corrected chi connectivity index (χ0v) is 11.8. The minimum atomic E-state index is -0.242. The van der Waals surface area contributed by atoms with Gasteiger partial charge in [-0.3, -0.25) is 0 Å². The Balaban J connectivity index is 2.11. The highest BCUT2D eigenvalue weighted by molar-refractivity contribution is 7.12. The summed E-state index contributed by atoms with van der Waals surface area (Å²) in [5.74, 6) is 0.447. The average Bonchev–Trinajstić information content (AvgIpc) is 2.85.